The third-order valence-electron chi connectivity index (χ3n) is 6.71. The normalized spacial score (nSPS) is 15.8. The zero-order valence-electron chi connectivity index (χ0n) is 20.5. The third-order valence-corrected chi connectivity index (χ3v) is 7.63. The molecule has 0 radical (unpaired) electrons. The molecular weight excluding hydrogens is 495 g/mol. The van der Waals surface area contributed by atoms with Crippen LogP contribution in [0, 0.1) is 23.6 Å². The number of nitrogens with zero attached hydrogens (tertiary/aromatic N) is 2. The van der Waals surface area contributed by atoms with Gasteiger partial charge >= 0.3 is 6.09 Å². The molecule has 8 nitrogen and oxygen atoms in total. The van der Waals surface area contributed by atoms with Gasteiger partial charge in [0.1, 0.15) is 23.5 Å². The number of alkyl carbamates (subject to hydrolysis) is 1. The molecule has 2 amide bonds. The Morgan fingerprint density at radius 3 is 2.51 bits per heavy atom. The number of anilines is 1. The summed E-state index contributed by atoms with van der Waals surface area (Å²) < 4.78 is 24.3. The van der Waals surface area contributed by atoms with Crippen LogP contribution in [0.25, 0.3) is 0 Å². The van der Waals surface area contributed by atoms with E-state index in [1.165, 1.54) is 24.5 Å². The number of amides is 2. The summed E-state index contributed by atoms with van der Waals surface area (Å²) in [5, 5.41) is 7.03. The van der Waals surface area contributed by atoms with Gasteiger partial charge in [0.15, 0.2) is 0 Å². The van der Waals surface area contributed by atoms with E-state index in [0.29, 0.717) is 39.7 Å². The van der Waals surface area contributed by atoms with E-state index in [4.69, 9.17) is 9.47 Å². The van der Waals surface area contributed by atoms with Crippen LogP contribution in [0.4, 0.5) is 14.2 Å². The molecule has 1 aromatic carbocycles. The van der Waals surface area contributed by atoms with Crippen molar-refractivity contribution in [1.29, 1.82) is 0 Å². The number of hydrogen-bond donors (Lipinski definition) is 2. The standard InChI is InChI=1S/C27H29FN4O4S/c1-35-26-19(11-20(28)13-30-26)12-21-29-14-22(37-21)31-25(33)24(23(17-7-8-17)18-9-10-18)32-27(34)36-15-16-5-3-2-4-6-16/h2-6,11,13-14,17-18,23-24H,7-10,12,15H2,1H3,(H,31,33)(H,32,34). The molecule has 0 bridgehead atoms. The molecule has 1 unspecified atom stereocenters. The van der Waals surface area contributed by atoms with Crippen molar-refractivity contribution in [2.24, 2.45) is 17.8 Å². The molecule has 2 aromatic heterocycles. The first-order valence-electron chi connectivity index (χ1n) is 12.4. The van der Waals surface area contributed by atoms with Crippen LogP contribution in [0.15, 0.2) is 48.8 Å². The highest BCUT2D eigenvalue weighted by molar-refractivity contribution is 7.15. The Morgan fingerprint density at radius 2 is 1.84 bits per heavy atom. The number of ether oxygens (including phenoxy) is 2. The Labute approximate surface area is 218 Å². The number of pyridine rings is 1. The van der Waals surface area contributed by atoms with Crippen molar-refractivity contribution < 1.29 is 23.5 Å². The highest BCUT2D eigenvalue weighted by Gasteiger charge is 2.48. The molecular formula is C27H29FN4O4S. The van der Waals surface area contributed by atoms with Crippen LogP contribution in [-0.4, -0.2) is 35.1 Å². The minimum Gasteiger partial charge on any atom is -0.481 e. The summed E-state index contributed by atoms with van der Waals surface area (Å²) in [6, 6.07) is 10.1. The van der Waals surface area contributed by atoms with Crippen LogP contribution in [0.3, 0.4) is 0 Å². The molecule has 0 saturated heterocycles. The van der Waals surface area contributed by atoms with Crippen LogP contribution >= 0.6 is 11.3 Å². The third kappa shape index (κ3) is 6.62. The number of nitrogens with one attached hydrogen (secondary N) is 2. The topological polar surface area (TPSA) is 102 Å². The van der Waals surface area contributed by atoms with Gasteiger partial charge in [0.25, 0.3) is 0 Å². The number of benzene rings is 1. The van der Waals surface area contributed by atoms with E-state index in [-0.39, 0.29) is 18.4 Å². The van der Waals surface area contributed by atoms with Gasteiger partial charge in [0.2, 0.25) is 11.8 Å². The smallest absolute Gasteiger partial charge is 0.408 e. The quantitative estimate of drug-likeness (QED) is 0.368. The van der Waals surface area contributed by atoms with Crippen LogP contribution < -0.4 is 15.4 Å². The molecule has 2 aliphatic rings. The van der Waals surface area contributed by atoms with Crippen molar-refractivity contribution in [2.75, 3.05) is 12.4 Å². The van der Waals surface area contributed by atoms with E-state index in [9.17, 15) is 14.0 Å². The van der Waals surface area contributed by atoms with E-state index >= 15 is 0 Å². The molecule has 2 saturated carbocycles. The average molecular weight is 525 g/mol. The summed E-state index contributed by atoms with van der Waals surface area (Å²) in [4.78, 5) is 34.5. The second-order valence-electron chi connectivity index (χ2n) is 9.54. The van der Waals surface area contributed by atoms with Crippen molar-refractivity contribution in [2.45, 2.75) is 44.8 Å². The first-order chi connectivity index (χ1) is 18.0. The van der Waals surface area contributed by atoms with E-state index in [1.54, 1.807) is 6.20 Å². The van der Waals surface area contributed by atoms with Crippen molar-refractivity contribution >= 4 is 28.3 Å². The lowest BCUT2D eigenvalue weighted by atomic mass is 9.89. The van der Waals surface area contributed by atoms with Gasteiger partial charge in [-0.1, -0.05) is 30.3 Å². The largest absolute Gasteiger partial charge is 0.481 e. The number of hydrogen-bond acceptors (Lipinski definition) is 7. The zero-order valence-corrected chi connectivity index (χ0v) is 21.3. The lowest BCUT2D eigenvalue weighted by Crippen LogP contribution is -2.50. The highest BCUT2D eigenvalue weighted by atomic mass is 32.1. The molecule has 0 aliphatic heterocycles. The Bertz CT molecular complexity index is 1230. The van der Waals surface area contributed by atoms with Gasteiger partial charge in [0.05, 0.1) is 24.5 Å². The fraction of sp³-hybridized carbons (Fsp3) is 0.407. The Hall–Kier alpha value is -3.53. The minimum absolute atomic E-state index is 0.0827. The van der Waals surface area contributed by atoms with Crippen molar-refractivity contribution in [3.63, 3.8) is 0 Å². The van der Waals surface area contributed by atoms with Crippen LogP contribution in [0.1, 0.15) is 41.8 Å². The van der Waals surface area contributed by atoms with Gasteiger partial charge in [-0.15, -0.1) is 11.3 Å². The fourth-order valence-corrected chi connectivity index (χ4v) is 5.55. The van der Waals surface area contributed by atoms with Gasteiger partial charge in [-0.3, -0.25) is 4.79 Å². The lowest BCUT2D eigenvalue weighted by Gasteiger charge is -2.27. The summed E-state index contributed by atoms with van der Waals surface area (Å²) in [6.45, 7) is 0.134. The van der Waals surface area contributed by atoms with E-state index in [1.807, 2.05) is 30.3 Å². The molecule has 1 atom stereocenters. The van der Waals surface area contributed by atoms with E-state index in [2.05, 4.69) is 20.6 Å². The van der Waals surface area contributed by atoms with Crippen LogP contribution in [0.5, 0.6) is 5.88 Å². The number of rotatable bonds is 11. The SMILES string of the molecule is COc1ncc(F)cc1Cc1ncc(NC(=O)C(NC(=O)OCc2ccccc2)C(C2CC2)C2CC2)s1. The zero-order chi connectivity index (χ0) is 25.8. The number of aromatic nitrogens is 2. The molecule has 3 aromatic rings. The first-order valence-corrected chi connectivity index (χ1v) is 13.2. The van der Waals surface area contributed by atoms with Gasteiger partial charge in [0, 0.05) is 12.0 Å². The molecule has 2 N–H and O–H groups in total. The molecule has 37 heavy (non-hydrogen) atoms. The number of methoxy groups -OCH3 is 1. The monoisotopic (exact) mass is 524 g/mol. The maximum atomic E-state index is 13.7. The predicted molar refractivity (Wildman–Crippen MR) is 137 cm³/mol. The maximum absolute atomic E-state index is 13.7. The highest BCUT2D eigenvalue weighted by Crippen LogP contribution is 2.51. The van der Waals surface area contributed by atoms with Gasteiger partial charge < -0.3 is 20.1 Å². The molecule has 2 aliphatic carbocycles. The fourth-order valence-electron chi connectivity index (χ4n) is 4.71. The van der Waals surface area contributed by atoms with Gasteiger partial charge in [-0.2, -0.15) is 0 Å². The predicted octanol–water partition coefficient (Wildman–Crippen LogP) is 4.95. The summed E-state index contributed by atoms with van der Waals surface area (Å²) in [5.74, 6) is 0.544. The van der Waals surface area contributed by atoms with E-state index < -0.39 is 18.0 Å². The Morgan fingerprint density at radius 1 is 1.11 bits per heavy atom. The number of carbonyl (C=O) groups excluding carboxylic acids is 2. The second-order valence-corrected chi connectivity index (χ2v) is 10.7. The summed E-state index contributed by atoms with van der Waals surface area (Å²) in [6.07, 6.45) is 6.66. The summed E-state index contributed by atoms with van der Waals surface area (Å²) in [7, 11) is 1.48. The summed E-state index contributed by atoms with van der Waals surface area (Å²) in [5.41, 5.74) is 1.44. The molecule has 2 heterocycles. The van der Waals surface area contributed by atoms with Gasteiger partial charge in [-0.05, 0) is 55.1 Å². The molecule has 10 heteroatoms. The lowest BCUT2D eigenvalue weighted by molar-refractivity contribution is -0.119. The van der Waals surface area contributed by atoms with Crippen molar-refractivity contribution in [1.82, 2.24) is 15.3 Å². The Balaban J connectivity index is 1.26. The van der Waals surface area contributed by atoms with Crippen molar-refractivity contribution in [3.8, 4) is 5.88 Å². The molecule has 2 fully saturated rings. The minimum atomic E-state index is -0.693. The molecule has 0 spiro atoms. The van der Waals surface area contributed by atoms with Crippen LogP contribution in [-0.2, 0) is 22.6 Å². The average Bonchev–Trinajstić information content (AvgIpc) is 3.84. The molecule has 194 valence electrons. The van der Waals surface area contributed by atoms with E-state index in [0.717, 1.165) is 37.4 Å². The number of carbonyl (C=O) groups is 2. The van der Waals surface area contributed by atoms with Gasteiger partial charge in [-0.25, -0.2) is 19.2 Å². The first kappa shape index (κ1) is 25.1. The second kappa shape index (κ2) is 11.2. The maximum Gasteiger partial charge on any atom is 0.408 e. The Kier molecular flexibility index (Phi) is 7.64. The van der Waals surface area contributed by atoms with Crippen LogP contribution in [0.2, 0.25) is 0 Å². The molecule has 5 rings (SSSR count). The number of thiazole rings is 1. The summed E-state index contributed by atoms with van der Waals surface area (Å²) >= 11 is 1.29. The van der Waals surface area contributed by atoms with Crippen molar-refractivity contribution in [3.05, 3.63) is 70.7 Å². The number of halogens is 1.